The predicted octanol–water partition coefficient (Wildman–Crippen LogP) is 2.30. The summed E-state index contributed by atoms with van der Waals surface area (Å²) in [5, 5.41) is 2.70. The highest BCUT2D eigenvalue weighted by atomic mass is 35.7. The average Bonchev–Trinajstić information content (AvgIpc) is 2.96. The molecule has 1 fully saturated rings. The summed E-state index contributed by atoms with van der Waals surface area (Å²) in [6, 6.07) is 5.63. The summed E-state index contributed by atoms with van der Waals surface area (Å²) in [7, 11) is 1.43. The molecule has 1 aromatic rings. The highest BCUT2D eigenvalue weighted by Gasteiger charge is 2.15. The minimum atomic E-state index is -3.83. The Morgan fingerprint density at radius 3 is 2.71 bits per heavy atom. The summed E-state index contributed by atoms with van der Waals surface area (Å²) in [6.07, 6.45) is 4.90. The highest BCUT2D eigenvalue weighted by Crippen LogP contribution is 2.20. The van der Waals surface area contributed by atoms with Crippen molar-refractivity contribution in [3.05, 3.63) is 29.8 Å². The molecule has 2 rings (SSSR count). The number of rotatable bonds is 6. The first kappa shape index (κ1) is 16.3. The molecule has 0 heterocycles. The molecule has 21 heavy (non-hydrogen) atoms. The molecule has 1 aromatic carbocycles. The summed E-state index contributed by atoms with van der Waals surface area (Å²) in [5.41, 5.74) is 0.262. The second-order valence-electron chi connectivity index (χ2n) is 5.00. The molecular formula is C14H18ClNO4S. The molecule has 0 saturated heterocycles. The third-order valence-electron chi connectivity index (χ3n) is 3.42. The van der Waals surface area contributed by atoms with Crippen molar-refractivity contribution in [1.82, 2.24) is 5.32 Å². The van der Waals surface area contributed by atoms with E-state index in [4.69, 9.17) is 15.4 Å². The Hall–Kier alpha value is -1.11. The van der Waals surface area contributed by atoms with Gasteiger partial charge in [0.25, 0.3) is 15.0 Å². The maximum Gasteiger partial charge on any atom is 0.261 e. The van der Waals surface area contributed by atoms with Gasteiger partial charge in [0.1, 0.15) is 0 Å². The van der Waals surface area contributed by atoms with Crippen molar-refractivity contribution in [3.8, 4) is 0 Å². The van der Waals surface area contributed by atoms with Crippen molar-refractivity contribution in [3.63, 3.8) is 0 Å². The average molecular weight is 332 g/mol. The molecule has 0 aromatic heterocycles. The first-order valence-corrected chi connectivity index (χ1v) is 9.22. The van der Waals surface area contributed by atoms with Crippen LogP contribution in [0.1, 0.15) is 36.0 Å². The van der Waals surface area contributed by atoms with Crippen LogP contribution in [0, 0.1) is 0 Å². The van der Waals surface area contributed by atoms with E-state index >= 15 is 0 Å². The number of hydrogen-bond acceptors (Lipinski definition) is 4. The first-order chi connectivity index (χ1) is 9.97. The number of hydrogen-bond donors (Lipinski definition) is 1. The van der Waals surface area contributed by atoms with Crippen LogP contribution in [-0.4, -0.2) is 33.6 Å². The van der Waals surface area contributed by atoms with Crippen LogP contribution in [0.15, 0.2) is 29.2 Å². The van der Waals surface area contributed by atoms with Gasteiger partial charge in [0.2, 0.25) is 0 Å². The Bertz CT molecular complexity index is 597. The van der Waals surface area contributed by atoms with Gasteiger partial charge in [-0.2, -0.15) is 0 Å². The van der Waals surface area contributed by atoms with Crippen LogP contribution < -0.4 is 5.32 Å². The van der Waals surface area contributed by atoms with Gasteiger partial charge < -0.3 is 10.1 Å². The van der Waals surface area contributed by atoms with Crippen LogP contribution in [0.4, 0.5) is 0 Å². The molecule has 1 aliphatic rings. The minimum Gasteiger partial charge on any atom is -0.376 e. The van der Waals surface area contributed by atoms with Crippen LogP contribution in [0.3, 0.4) is 0 Å². The van der Waals surface area contributed by atoms with Crippen molar-refractivity contribution in [2.45, 2.75) is 36.7 Å². The van der Waals surface area contributed by atoms with E-state index in [1.54, 1.807) is 6.07 Å². The van der Waals surface area contributed by atoms with Crippen molar-refractivity contribution < 1.29 is 17.9 Å². The Morgan fingerprint density at radius 2 is 2.05 bits per heavy atom. The zero-order valence-electron chi connectivity index (χ0n) is 11.5. The van der Waals surface area contributed by atoms with Gasteiger partial charge in [-0.1, -0.05) is 18.9 Å². The summed E-state index contributed by atoms with van der Waals surface area (Å²) in [4.78, 5) is 11.8. The fraction of sp³-hybridized carbons (Fsp3) is 0.500. The van der Waals surface area contributed by atoms with E-state index in [0.29, 0.717) is 19.3 Å². The molecule has 1 N–H and O–H groups in total. The Kier molecular flexibility index (Phi) is 5.61. The normalized spacial score (nSPS) is 16.0. The Balaban J connectivity index is 1.82. The summed E-state index contributed by atoms with van der Waals surface area (Å²) in [5.74, 6) is -0.341. The van der Waals surface area contributed by atoms with Gasteiger partial charge in [-0.15, -0.1) is 0 Å². The van der Waals surface area contributed by atoms with Crippen molar-refractivity contribution >= 4 is 25.6 Å². The molecule has 1 aliphatic carbocycles. The van der Waals surface area contributed by atoms with E-state index in [-0.39, 0.29) is 16.4 Å². The molecule has 0 aliphatic heterocycles. The van der Waals surface area contributed by atoms with E-state index in [1.807, 2.05) is 0 Å². The van der Waals surface area contributed by atoms with Crippen molar-refractivity contribution in [1.29, 1.82) is 0 Å². The number of amides is 1. The Labute approximate surface area is 129 Å². The van der Waals surface area contributed by atoms with E-state index < -0.39 is 9.05 Å². The lowest BCUT2D eigenvalue weighted by molar-refractivity contribution is 0.0582. The summed E-state index contributed by atoms with van der Waals surface area (Å²) >= 11 is 0. The van der Waals surface area contributed by atoms with Gasteiger partial charge in [0.15, 0.2) is 0 Å². The second-order valence-corrected chi connectivity index (χ2v) is 7.56. The number of carbonyl (C=O) groups is 1. The molecule has 5 nitrogen and oxygen atoms in total. The summed E-state index contributed by atoms with van der Waals surface area (Å²) in [6.45, 7) is 0.858. The first-order valence-electron chi connectivity index (χ1n) is 6.91. The SMILES string of the molecule is O=C(NCCOC1CCCC1)c1cccc(S(=O)(=O)Cl)c1. The number of benzene rings is 1. The van der Waals surface area contributed by atoms with Gasteiger partial charge in [-0.3, -0.25) is 4.79 Å². The van der Waals surface area contributed by atoms with Gasteiger partial charge in [-0.25, -0.2) is 8.42 Å². The van der Waals surface area contributed by atoms with Crippen molar-refractivity contribution in [2.75, 3.05) is 13.2 Å². The monoisotopic (exact) mass is 331 g/mol. The molecule has 0 atom stereocenters. The molecule has 1 amide bonds. The van der Waals surface area contributed by atoms with Gasteiger partial charge in [0, 0.05) is 22.8 Å². The molecule has 0 radical (unpaired) electrons. The molecule has 0 spiro atoms. The van der Waals surface area contributed by atoms with Crippen LogP contribution in [0.5, 0.6) is 0 Å². The minimum absolute atomic E-state index is 0.0842. The predicted molar refractivity (Wildman–Crippen MR) is 80.0 cm³/mol. The Morgan fingerprint density at radius 1 is 1.33 bits per heavy atom. The molecule has 116 valence electrons. The fourth-order valence-electron chi connectivity index (χ4n) is 2.34. The van der Waals surface area contributed by atoms with E-state index in [2.05, 4.69) is 5.32 Å². The fourth-order valence-corrected chi connectivity index (χ4v) is 3.13. The lowest BCUT2D eigenvalue weighted by Crippen LogP contribution is -2.28. The maximum absolute atomic E-state index is 11.9. The molecular weight excluding hydrogens is 314 g/mol. The van der Waals surface area contributed by atoms with E-state index in [9.17, 15) is 13.2 Å². The standard InChI is InChI=1S/C14H18ClNO4S/c15-21(18,19)13-7-3-4-11(10-13)14(17)16-8-9-20-12-5-1-2-6-12/h3-4,7,10,12H,1-2,5-6,8-9H2,(H,16,17). The lowest BCUT2D eigenvalue weighted by atomic mass is 10.2. The number of ether oxygens (including phenoxy) is 1. The topological polar surface area (TPSA) is 72.5 Å². The molecule has 0 unspecified atom stereocenters. The van der Waals surface area contributed by atoms with E-state index in [1.165, 1.54) is 31.0 Å². The smallest absolute Gasteiger partial charge is 0.261 e. The quantitative estimate of drug-likeness (QED) is 0.641. The lowest BCUT2D eigenvalue weighted by Gasteiger charge is -2.11. The van der Waals surface area contributed by atoms with E-state index in [0.717, 1.165) is 12.8 Å². The number of carbonyl (C=O) groups excluding carboxylic acids is 1. The highest BCUT2D eigenvalue weighted by molar-refractivity contribution is 8.13. The zero-order chi connectivity index (χ0) is 15.3. The third-order valence-corrected chi connectivity index (χ3v) is 4.77. The van der Waals surface area contributed by atoms with Gasteiger partial charge in [-0.05, 0) is 31.0 Å². The number of halogens is 1. The summed E-state index contributed by atoms with van der Waals surface area (Å²) < 4.78 is 28.1. The zero-order valence-corrected chi connectivity index (χ0v) is 13.1. The molecule has 1 saturated carbocycles. The van der Waals surface area contributed by atoms with Crippen LogP contribution >= 0.6 is 10.7 Å². The maximum atomic E-state index is 11.9. The molecule has 7 heteroatoms. The second kappa shape index (κ2) is 7.24. The third kappa shape index (κ3) is 4.98. The van der Waals surface area contributed by atoms with Crippen molar-refractivity contribution in [2.24, 2.45) is 0 Å². The van der Waals surface area contributed by atoms with Crippen LogP contribution in [-0.2, 0) is 13.8 Å². The van der Waals surface area contributed by atoms with Crippen LogP contribution in [0.2, 0.25) is 0 Å². The van der Waals surface area contributed by atoms with Crippen LogP contribution in [0.25, 0.3) is 0 Å². The van der Waals surface area contributed by atoms with Gasteiger partial charge >= 0.3 is 0 Å². The molecule has 0 bridgehead atoms. The largest absolute Gasteiger partial charge is 0.376 e. The van der Waals surface area contributed by atoms with Gasteiger partial charge in [0.05, 0.1) is 17.6 Å². The number of nitrogens with one attached hydrogen (secondary N) is 1.